The molecule has 0 aromatic heterocycles. The van der Waals surface area contributed by atoms with Crippen LogP contribution < -0.4 is 10.1 Å². The van der Waals surface area contributed by atoms with Crippen molar-refractivity contribution in [2.75, 3.05) is 7.11 Å². The van der Waals surface area contributed by atoms with Crippen LogP contribution in [0.25, 0.3) is 0 Å². The highest BCUT2D eigenvalue weighted by Gasteiger charge is 2.44. The van der Waals surface area contributed by atoms with Gasteiger partial charge in [-0.1, -0.05) is 12.1 Å². The molecule has 0 aliphatic carbocycles. The van der Waals surface area contributed by atoms with Crippen molar-refractivity contribution in [2.24, 2.45) is 0 Å². The third kappa shape index (κ3) is 2.48. The lowest BCUT2D eigenvalue weighted by Crippen LogP contribution is -2.67. The van der Waals surface area contributed by atoms with Crippen LogP contribution >= 0.6 is 0 Å². The van der Waals surface area contributed by atoms with Crippen LogP contribution in [0.2, 0.25) is 0 Å². The van der Waals surface area contributed by atoms with E-state index in [1.165, 1.54) is 0 Å². The number of ether oxygens (including phenoxy) is 1. The third-order valence-corrected chi connectivity index (χ3v) is 3.69. The van der Waals surface area contributed by atoms with E-state index in [1.54, 1.807) is 32.8 Å². The molecule has 108 valence electrons. The first-order valence-electron chi connectivity index (χ1n) is 6.61. The fraction of sp³-hybridized carbons (Fsp3) is 0.467. The SMILES string of the molecule is COc1cccc(CN2C(=O)C(C)NC(=O)C2(C)C)c1. The average Bonchev–Trinajstić information content (AvgIpc) is 2.42. The molecule has 1 aromatic rings. The zero-order valence-corrected chi connectivity index (χ0v) is 12.3. The predicted octanol–water partition coefficient (Wildman–Crippen LogP) is 1.32. The summed E-state index contributed by atoms with van der Waals surface area (Å²) in [5.41, 5.74) is 0.0832. The molecule has 5 heteroatoms. The molecule has 1 aliphatic rings. The summed E-state index contributed by atoms with van der Waals surface area (Å²) in [5.74, 6) is 0.534. The zero-order valence-electron chi connectivity index (χ0n) is 12.3. The van der Waals surface area contributed by atoms with Crippen LogP contribution in [0.15, 0.2) is 24.3 Å². The van der Waals surface area contributed by atoms with Crippen LogP contribution in [-0.2, 0) is 16.1 Å². The van der Waals surface area contributed by atoms with Gasteiger partial charge in [-0.05, 0) is 38.5 Å². The molecule has 0 radical (unpaired) electrons. The molecule has 1 N–H and O–H groups in total. The Morgan fingerprint density at radius 2 is 2.05 bits per heavy atom. The van der Waals surface area contributed by atoms with Gasteiger partial charge in [0.2, 0.25) is 11.8 Å². The van der Waals surface area contributed by atoms with Crippen LogP contribution in [-0.4, -0.2) is 35.4 Å². The van der Waals surface area contributed by atoms with E-state index in [2.05, 4.69) is 5.32 Å². The maximum absolute atomic E-state index is 12.3. The van der Waals surface area contributed by atoms with Gasteiger partial charge >= 0.3 is 0 Å². The van der Waals surface area contributed by atoms with E-state index < -0.39 is 11.6 Å². The molecule has 0 saturated carbocycles. The summed E-state index contributed by atoms with van der Waals surface area (Å²) >= 11 is 0. The number of nitrogens with zero attached hydrogens (tertiary/aromatic N) is 1. The molecular formula is C15H20N2O3. The lowest BCUT2D eigenvalue weighted by molar-refractivity contribution is -0.155. The van der Waals surface area contributed by atoms with E-state index >= 15 is 0 Å². The monoisotopic (exact) mass is 276 g/mol. The Bertz CT molecular complexity index is 540. The zero-order chi connectivity index (χ0) is 14.9. The number of carbonyl (C=O) groups is 2. The molecule has 1 aliphatic heterocycles. The Hall–Kier alpha value is -2.04. The average molecular weight is 276 g/mol. The van der Waals surface area contributed by atoms with Crippen molar-refractivity contribution in [3.05, 3.63) is 29.8 Å². The molecule has 0 spiro atoms. The van der Waals surface area contributed by atoms with E-state index in [-0.39, 0.29) is 11.8 Å². The van der Waals surface area contributed by atoms with Crippen molar-refractivity contribution in [3.63, 3.8) is 0 Å². The molecule has 5 nitrogen and oxygen atoms in total. The second-order valence-electron chi connectivity index (χ2n) is 5.53. The Morgan fingerprint density at radius 3 is 2.70 bits per heavy atom. The highest BCUT2D eigenvalue weighted by molar-refractivity contribution is 5.99. The Labute approximate surface area is 118 Å². The van der Waals surface area contributed by atoms with Crippen LogP contribution in [0, 0.1) is 0 Å². The van der Waals surface area contributed by atoms with E-state index in [4.69, 9.17) is 4.74 Å². The first kappa shape index (κ1) is 14.4. The van der Waals surface area contributed by atoms with Crippen molar-refractivity contribution in [1.82, 2.24) is 10.2 Å². The number of hydrogen-bond donors (Lipinski definition) is 1. The Morgan fingerprint density at radius 1 is 1.35 bits per heavy atom. The smallest absolute Gasteiger partial charge is 0.246 e. The lowest BCUT2D eigenvalue weighted by atomic mass is 9.95. The van der Waals surface area contributed by atoms with Crippen molar-refractivity contribution in [1.29, 1.82) is 0 Å². The van der Waals surface area contributed by atoms with Crippen LogP contribution in [0.3, 0.4) is 0 Å². The number of benzene rings is 1. The van der Waals surface area contributed by atoms with Crippen molar-refractivity contribution >= 4 is 11.8 Å². The molecule has 1 saturated heterocycles. The third-order valence-electron chi connectivity index (χ3n) is 3.69. The minimum Gasteiger partial charge on any atom is -0.497 e. The fourth-order valence-electron chi connectivity index (χ4n) is 2.30. The predicted molar refractivity (Wildman–Crippen MR) is 75.2 cm³/mol. The molecule has 1 unspecified atom stereocenters. The molecular weight excluding hydrogens is 256 g/mol. The first-order chi connectivity index (χ1) is 9.36. The van der Waals surface area contributed by atoms with Crippen LogP contribution in [0.1, 0.15) is 26.3 Å². The number of amides is 2. The normalized spacial score (nSPS) is 21.6. The molecule has 2 rings (SSSR count). The van der Waals surface area contributed by atoms with Crippen molar-refractivity contribution in [2.45, 2.75) is 38.9 Å². The number of carbonyl (C=O) groups excluding carboxylic acids is 2. The summed E-state index contributed by atoms with van der Waals surface area (Å²) in [6.45, 7) is 5.60. The van der Waals surface area contributed by atoms with E-state index in [0.717, 1.165) is 11.3 Å². The number of nitrogens with one attached hydrogen (secondary N) is 1. The Kier molecular flexibility index (Phi) is 3.70. The minimum absolute atomic E-state index is 0.0718. The number of rotatable bonds is 3. The second kappa shape index (κ2) is 5.15. The minimum atomic E-state index is -0.854. The highest BCUT2D eigenvalue weighted by Crippen LogP contribution is 2.24. The van der Waals surface area contributed by atoms with Gasteiger partial charge in [-0.25, -0.2) is 0 Å². The van der Waals surface area contributed by atoms with Crippen molar-refractivity contribution in [3.8, 4) is 5.75 Å². The largest absolute Gasteiger partial charge is 0.497 e. The summed E-state index contributed by atoms with van der Waals surface area (Å²) < 4.78 is 5.18. The molecule has 0 bridgehead atoms. The maximum Gasteiger partial charge on any atom is 0.246 e. The van der Waals surface area contributed by atoms with Gasteiger partial charge in [-0.2, -0.15) is 0 Å². The van der Waals surface area contributed by atoms with Gasteiger partial charge in [0.05, 0.1) is 7.11 Å². The van der Waals surface area contributed by atoms with Gasteiger partial charge in [0.15, 0.2) is 0 Å². The van der Waals surface area contributed by atoms with Crippen molar-refractivity contribution < 1.29 is 14.3 Å². The van der Waals surface area contributed by atoms with Gasteiger partial charge in [-0.15, -0.1) is 0 Å². The molecule has 1 fully saturated rings. The van der Waals surface area contributed by atoms with Gasteiger partial charge in [0.25, 0.3) is 0 Å². The summed E-state index contributed by atoms with van der Waals surface area (Å²) in [6, 6.07) is 7.03. The fourth-order valence-corrected chi connectivity index (χ4v) is 2.30. The number of piperazine rings is 1. The van der Waals surface area contributed by atoms with Crippen LogP contribution in [0.4, 0.5) is 0 Å². The van der Waals surface area contributed by atoms with E-state index in [1.807, 2.05) is 24.3 Å². The maximum atomic E-state index is 12.3. The topological polar surface area (TPSA) is 58.6 Å². The number of hydrogen-bond acceptors (Lipinski definition) is 3. The van der Waals surface area contributed by atoms with Gasteiger partial charge < -0.3 is 15.0 Å². The highest BCUT2D eigenvalue weighted by atomic mass is 16.5. The summed E-state index contributed by atoms with van der Waals surface area (Å²) in [7, 11) is 1.60. The van der Waals surface area contributed by atoms with Gasteiger partial charge in [0, 0.05) is 6.54 Å². The van der Waals surface area contributed by atoms with Gasteiger partial charge in [-0.3, -0.25) is 9.59 Å². The molecule has 2 amide bonds. The second-order valence-corrected chi connectivity index (χ2v) is 5.53. The Balaban J connectivity index is 2.28. The summed E-state index contributed by atoms with van der Waals surface area (Å²) in [4.78, 5) is 26.0. The van der Waals surface area contributed by atoms with E-state index in [9.17, 15) is 9.59 Å². The van der Waals surface area contributed by atoms with Gasteiger partial charge in [0.1, 0.15) is 17.3 Å². The molecule has 1 atom stereocenters. The van der Waals surface area contributed by atoms with E-state index in [0.29, 0.717) is 6.54 Å². The quantitative estimate of drug-likeness (QED) is 0.906. The lowest BCUT2D eigenvalue weighted by Gasteiger charge is -2.43. The standard InChI is InChI=1S/C15H20N2O3/c1-10-13(18)17(15(2,3)14(19)16-10)9-11-6-5-7-12(8-11)20-4/h5-8,10H,9H2,1-4H3,(H,16,19). The molecule has 20 heavy (non-hydrogen) atoms. The van der Waals surface area contributed by atoms with Crippen LogP contribution in [0.5, 0.6) is 5.75 Å². The molecule has 1 heterocycles. The molecule has 1 aromatic carbocycles. The summed E-state index contributed by atoms with van der Waals surface area (Å²) in [5, 5.41) is 2.70. The first-order valence-corrected chi connectivity index (χ1v) is 6.61. The number of methoxy groups -OCH3 is 1. The summed E-state index contributed by atoms with van der Waals surface area (Å²) in [6.07, 6.45) is 0.